The quantitative estimate of drug-likeness (QED) is 0.200. The minimum atomic E-state index is -3.00. The van der Waals surface area contributed by atoms with E-state index in [-0.39, 0.29) is 6.61 Å². The SMILES string of the molecule is O=S1(=O)CCCC1.O[C@@H](COc1ccccc1)CP(I)(c1ccccc1)(c1ccccc1)c1ccccc1. The minimum absolute atomic E-state index is 0.247. The Labute approximate surface area is 239 Å². The second-order valence-electron chi connectivity index (χ2n) is 9.51. The first-order chi connectivity index (χ1) is 18.3. The molecule has 1 N–H and O–H groups in total. The summed E-state index contributed by atoms with van der Waals surface area (Å²) in [6.45, 7) is 0.247. The van der Waals surface area contributed by atoms with Crippen LogP contribution in [0.1, 0.15) is 12.8 Å². The fraction of sp³-hybridized carbons (Fsp3) is 0.226. The summed E-state index contributed by atoms with van der Waals surface area (Å²) in [5, 5.41) is 15.1. The fourth-order valence-corrected chi connectivity index (χ4v) is 15.4. The van der Waals surface area contributed by atoms with Gasteiger partial charge in [0.05, 0.1) is 11.5 Å². The van der Waals surface area contributed by atoms with E-state index in [9.17, 15) is 13.5 Å². The van der Waals surface area contributed by atoms with E-state index in [0.29, 0.717) is 17.7 Å². The Balaban J connectivity index is 0.000000417. The molecule has 0 aliphatic carbocycles. The average Bonchev–Trinajstić information content (AvgIpc) is 3.38. The molecule has 1 saturated heterocycles. The molecule has 1 aliphatic rings. The van der Waals surface area contributed by atoms with Crippen molar-refractivity contribution < 1.29 is 18.3 Å². The Hall–Kier alpha value is -2.25. The first-order valence-corrected chi connectivity index (χ1v) is 19.8. The summed E-state index contributed by atoms with van der Waals surface area (Å²) in [7, 11) is -2.55. The van der Waals surface area contributed by atoms with Crippen molar-refractivity contribution in [1.82, 2.24) is 0 Å². The van der Waals surface area contributed by atoms with Crippen molar-refractivity contribution in [1.29, 1.82) is 0 Å². The van der Waals surface area contributed by atoms with Crippen LogP contribution in [0, 0.1) is 0 Å². The van der Waals surface area contributed by atoms with Crippen LogP contribution in [-0.4, -0.2) is 43.9 Å². The second kappa shape index (κ2) is 12.7. The fourth-order valence-electron chi connectivity index (χ4n) is 4.88. The first-order valence-electron chi connectivity index (χ1n) is 12.8. The standard InChI is InChI=1S/C27H26IO2P.C4H8O2S/c28-31(25-15-7-2-8-16-25,26-17-9-3-10-18-26,27-19-11-4-12-20-27)22-23(29)21-30-24-13-5-1-6-14-24;5-7(6)3-1-2-4-7/h1-20,23,29H,21-22H2;1-4H2/t23-;/m0./s1. The number of para-hydroxylation sites is 1. The van der Waals surface area contributed by atoms with Crippen LogP contribution in [0.15, 0.2) is 121 Å². The van der Waals surface area contributed by atoms with Gasteiger partial charge in [-0.3, -0.25) is 0 Å². The molecule has 1 fully saturated rings. The number of ether oxygens (including phenoxy) is 1. The van der Waals surface area contributed by atoms with Crippen LogP contribution >= 0.6 is 26.3 Å². The molecule has 0 radical (unpaired) electrons. The van der Waals surface area contributed by atoms with Gasteiger partial charge in [-0.15, -0.1) is 0 Å². The molecule has 0 aromatic heterocycles. The maximum absolute atomic E-state index is 11.3. The molecule has 0 unspecified atom stereocenters. The Morgan fingerprint density at radius 3 is 1.39 bits per heavy atom. The van der Waals surface area contributed by atoms with E-state index in [1.54, 1.807) is 0 Å². The Bertz CT molecular complexity index is 1270. The van der Waals surface area contributed by atoms with Crippen molar-refractivity contribution in [2.24, 2.45) is 0 Å². The van der Waals surface area contributed by atoms with Gasteiger partial charge in [-0.1, -0.05) is 0 Å². The number of sulfone groups is 1. The summed E-state index contributed by atoms with van der Waals surface area (Å²) >= 11 is 2.69. The van der Waals surface area contributed by atoms with Crippen molar-refractivity contribution in [3.05, 3.63) is 121 Å². The Morgan fingerprint density at radius 1 is 0.684 bits per heavy atom. The van der Waals surface area contributed by atoms with Crippen LogP contribution in [0.3, 0.4) is 0 Å². The Kier molecular flexibility index (Phi) is 9.64. The third-order valence-corrected chi connectivity index (χ3v) is 20.0. The normalized spacial score (nSPS) is 16.3. The summed E-state index contributed by atoms with van der Waals surface area (Å²) in [6.07, 6.45) is 1.72. The van der Waals surface area contributed by atoms with Crippen molar-refractivity contribution >= 4 is 52.0 Å². The molecule has 1 aliphatic heterocycles. The van der Waals surface area contributed by atoms with Crippen LogP contribution in [-0.2, 0) is 9.84 Å². The van der Waals surface area contributed by atoms with E-state index in [1.165, 1.54) is 15.9 Å². The van der Waals surface area contributed by atoms with Crippen LogP contribution in [0.5, 0.6) is 5.75 Å². The number of aliphatic hydroxyl groups excluding tert-OH is 1. The summed E-state index contributed by atoms with van der Waals surface area (Å²) < 4.78 is 23.8. The summed E-state index contributed by atoms with van der Waals surface area (Å²) in [5.41, 5.74) is 0. The summed E-state index contributed by atoms with van der Waals surface area (Å²) in [4.78, 5) is 0. The van der Waals surface area contributed by atoms with E-state index in [1.807, 2.05) is 48.5 Å². The van der Waals surface area contributed by atoms with Gasteiger partial charge in [0.15, 0.2) is 0 Å². The van der Waals surface area contributed by atoms with Gasteiger partial charge in [-0.25, -0.2) is 8.42 Å². The average molecular weight is 661 g/mol. The number of hydrogen-bond acceptors (Lipinski definition) is 4. The third-order valence-electron chi connectivity index (χ3n) is 6.78. The van der Waals surface area contributed by atoms with Gasteiger partial charge >= 0.3 is 198 Å². The van der Waals surface area contributed by atoms with Crippen molar-refractivity contribution in [2.75, 3.05) is 24.3 Å². The van der Waals surface area contributed by atoms with Crippen molar-refractivity contribution in [3.63, 3.8) is 0 Å². The third kappa shape index (κ3) is 6.66. The monoisotopic (exact) mass is 660 g/mol. The molecule has 0 amide bonds. The zero-order valence-corrected chi connectivity index (χ0v) is 25.1. The molecular weight excluding hydrogens is 626 g/mol. The molecule has 4 aromatic rings. The summed E-state index contributed by atoms with van der Waals surface area (Å²) in [6, 6.07) is 41.6. The predicted octanol–water partition coefficient (Wildman–Crippen LogP) is 5.50. The van der Waals surface area contributed by atoms with Crippen LogP contribution in [0.4, 0.5) is 0 Å². The van der Waals surface area contributed by atoms with E-state index >= 15 is 0 Å². The van der Waals surface area contributed by atoms with Crippen molar-refractivity contribution in [2.45, 2.75) is 18.9 Å². The van der Waals surface area contributed by atoms with E-state index in [0.717, 1.165) is 18.6 Å². The molecule has 7 heteroatoms. The molecule has 1 atom stereocenters. The van der Waals surface area contributed by atoms with Crippen LogP contribution in [0.25, 0.3) is 0 Å². The van der Waals surface area contributed by atoms with Crippen molar-refractivity contribution in [3.8, 4) is 5.75 Å². The zero-order valence-electron chi connectivity index (χ0n) is 21.3. The molecule has 38 heavy (non-hydrogen) atoms. The molecule has 200 valence electrons. The molecule has 4 nitrogen and oxygen atoms in total. The van der Waals surface area contributed by atoms with Gasteiger partial charge in [0.25, 0.3) is 0 Å². The first kappa shape index (κ1) is 28.8. The van der Waals surface area contributed by atoms with Gasteiger partial charge in [0.2, 0.25) is 0 Å². The topological polar surface area (TPSA) is 63.6 Å². The molecule has 1 heterocycles. The van der Waals surface area contributed by atoms with E-state index in [2.05, 4.69) is 94.8 Å². The van der Waals surface area contributed by atoms with Gasteiger partial charge in [-0.05, 0) is 12.8 Å². The number of halogens is 1. The zero-order chi connectivity index (χ0) is 26.9. The number of rotatable bonds is 8. The van der Waals surface area contributed by atoms with Crippen LogP contribution < -0.4 is 20.7 Å². The van der Waals surface area contributed by atoms with Gasteiger partial charge in [0, 0.05) is 0 Å². The molecule has 0 bridgehead atoms. The second-order valence-corrected chi connectivity index (χ2v) is 22.5. The number of aliphatic hydroxyl groups is 1. The van der Waals surface area contributed by atoms with Gasteiger partial charge in [-0.2, -0.15) is 0 Å². The Morgan fingerprint density at radius 2 is 1.05 bits per heavy atom. The predicted molar refractivity (Wildman–Crippen MR) is 170 cm³/mol. The molecular formula is C31H34IO4PS. The van der Waals surface area contributed by atoms with Gasteiger partial charge in [0.1, 0.15) is 9.84 Å². The summed E-state index contributed by atoms with van der Waals surface area (Å²) in [5.74, 6) is 1.62. The molecule has 0 spiro atoms. The number of hydrogen-bond donors (Lipinski definition) is 1. The molecule has 5 rings (SSSR count). The van der Waals surface area contributed by atoms with Crippen LogP contribution in [0.2, 0.25) is 0 Å². The van der Waals surface area contributed by atoms with E-state index < -0.39 is 20.2 Å². The molecule has 4 aromatic carbocycles. The van der Waals surface area contributed by atoms with E-state index in [4.69, 9.17) is 4.74 Å². The number of benzene rings is 4. The maximum atomic E-state index is 11.3. The van der Waals surface area contributed by atoms with Gasteiger partial charge < -0.3 is 0 Å². The molecule has 0 saturated carbocycles.